The zero-order valence-electron chi connectivity index (χ0n) is 17.9. The minimum absolute atomic E-state index is 0.0117. The predicted molar refractivity (Wildman–Crippen MR) is 124 cm³/mol. The first kappa shape index (κ1) is 23.4. The van der Waals surface area contributed by atoms with Gasteiger partial charge < -0.3 is 10.2 Å². The van der Waals surface area contributed by atoms with Crippen molar-refractivity contribution in [2.75, 3.05) is 19.6 Å². The van der Waals surface area contributed by atoms with Crippen LogP contribution in [0, 0.1) is 12.8 Å². The van der Waals surface area contributed by atoms with Crippen molar-refractivity contribution in [2.24, 2.45) is 5.92 Å². The van der Waals surface area contributed by atoms with Gasteiger partial charge in [0.2, 0.25) is 11.8 Å². The number of hydrogen-bond acceptors (Lipinski definition) is 3. The molecule has 1 aromatic heterocycles. The number of hydrogen-bond donors (Lipinski definition) is 1. The molecule has 2 aromatic rings. The van der Waals surface area contributed by atoms with Gasteiger partial charge in [-0.1, -0.05) is 42.3 Å². The molecule has 3 rings (SSSR count). The molecule has 2 heterocycles. The Bertz CT molecular complexity index is 945. The van der Waals surface area contributed by atoms with Crippen LogP contribution in [0.1, 0.15) is 43.0 Å². The van der Waals surface area contributed by atoms with Gasteiger partial charge in [-0.3, -0.25) is 9.59 Å². The molecular weight excluding hydrogens is 435 g/mol. The lowest BCUT2D eigenvalue weighted by atomic mass is 9.96. The number of nitrogens with one attached hydrogen (secondary N) is 1. The molecule has 1 aliphatic rings. The summed E-state index contributed by atoms with van der Waals surface area (Å²) in [5.74, 6) is 0.00991. The average Bonchev–Trinajstić information content (AvgIpc) is 3.04. The van der Waals surface area contributed by atoms with Crippen LogP contribution in [-0.2, 0) is 16.1 Å². The van der Waals surface area contributed by atoms with E-state index in [4.69, 9.17) is 23.2 Å². The fraction of sp³-hybridized carbons (Fsp3) is 0.435. The molecule has 8 heteroatoms. The van der Waals surface area contributed by atoms with E-state index in [1.807, 2.05) is 38.1 Å². The van der Waals surface area contributed by atoms with Crippen molar-refractivity contribution < 1.29 is 9.59 Å². The highest BCUT2D eigenvalue weighted by Gasteiger charge is 2.26. The minimum atomic E-state index is -0.0756. The van der Waals surface area contributed by atoms with Gasteiger partial charge in [-0.25, -0.2) is 4.68 Å². The first-order valence-electron chi connectivity index (χ1n) is 10.6. The van der Waals surface area contributed by atoms with E-state index in [1.165, 1.54) is 0 Å². The quantitative estimate of drug-likeness (QED) is 0.622. The van der Waals surface area contributed by atoms with E-state index >= 15 is 0 Å². The van der Waals surface area contributed by atoms with Crippen LogP contribution in [0.15, 0.2) is 30.3 Å². The fourth-order valence-electron chi connectivity index (χ4n) is 3.64. The maximum absolute atomic E-state index is 12.6. The summed E-state index contributed by atoms with van der Waals surface area (Å²) in [6.45, 7) is 6.28. The van der Waals surface area contributed by atoms with Gasteiger partial charge >= 0.3 is 0 Å². The van der Waals surface area contributed by atoms with Crippen LogP contribution < -0.4 is 5.32 Å². The number of carbonyl (C=O) groups is 2. The molecule has 0 saturated carbocycles. The van der Waals surface area contributed by atoms with E-state index in [1.54, 1.807) is 21.7 Å². The molecule has 1 aliphatic heterocycles. The van der Waals surface area contributed by atoms with Gasteiger partial charge in [0, 0.05) is 42.2 Å². The molecule has 31 heavy (non-hydrogen) atoms. The number of aromatic nitrogens is 2. The molecule has 166 valence electrons. The van der Waals surface area contributed by atoms with Crippen LogP contribution in [0.4, 0.5) is 0 Å². The molecule has 0 atom stereocenters. The van der Waals surface area contributed by atoms with Crippen LogP contribution in [0.2, 0.25) is 10.2 Å². The first-order valence-corrected chi connectivity index (χ1v) is 11.4. The van der Waals surface area contributed by atoms with Gasteiger partial charge in [-0.2, -0.15) is 5.10 Å². The molecular formula is C23H28Cl2N4O2. The average molecular weight is 463 g/mol. The van der Waals surface area contributed by atoms with Gasteiger partial charge in [0.15, 0.2) is 0 Å². The number of amides is 2. The maximum Gasteiger partial charge on any atom is 0.246 e. The summed E-state index contributed by atoms with van der Waals surface area (Å²) in [4.78, 5) is 26.5. The number of likely N-dealkylation sites (tertiary alicyclic amines) is 1. The van der Waals surface area contributed by atoms with Crippen LogP contribution in [0.5, 0.6) is 0 Å². The molecule has 1 aromatic carbocycles. The number of benzene rings is 1. The summed E-state index contributed by atoms with van der Waals surface area (Å²) >= 11 is 12.5. The monoisotopic (exact) mass is 462 g/mol. The van der Waals surface area contributed by atoms with E-state index in [-0.39, 0.29) is 17.7 Å². The van der Waals surface area contributed by atoms with Gasteiger partial charge in [-0.05, 0) is 50.0 Å². The number of nitrogens with zero attached hydrogens (tertiary/aromatic N) is 3. The highest BCUT2D eigenvalue weighted by Crippen LogP contribution is 2.23. The number of carbonyl (C=O) groups excluding carboxylic acids is 2. The summed E-state index contributed by atoms with van der Waals surface area (Å²) in [6, 6.07) is 7.52. The van der Waals surface area contributed by atoms with E-state index in [0.717, 1.165) is 23.2 Å². The lowest BCUT2D eigenvalue weighted by molar-refractivity contribution is -0.132. The van der Waals surface area contributed by atoms with Crippen molar-refractivity contribution in [1.82, 2.24) is 20.0 Å². The van der Waals surface area contributed by atoms with Crippen molar-refractivity contribution in [2.45, 2.75) is 39.7 Å². The second-order valence-electron chi connectivity index (χ2n) is 7.80. The number of aryl methyl sites for hydroxylation is 1. The Kier molecular flexibility index (Phi) is 8.15. The summed E-state index contributed by atoms with van der Waals surface area (Å²) in [5.41, 5.74) is 2.53. The van der Waals surface area contributed by atoms with Gasteiger partial charge in [0.05, 0.1) is 12.2 Å². The SMILES string of the molecule is CCCNC(=O)C1CCN(C(=O)/C=C/c2c(C)nn(Cc3ccc(Cl)cc3)c2Cl)CC1. The number of halogens is 2. The number of rotatable bonds is 7. The molecule has 0 radical (unpaired) electrons. The second-order valence-corrected chi connectivity index (χ2v) is 8.59. The third-order valence-electron chi connectivity index (χ3n) is 5.47. The topological polar surface area (TPSA) is 67.2 Å². The van der Waals surface area contributed by atoms with Crippen LogP contribution >= 0.6 is 23.2 Å². The summed E-state index contributed by atoms with van der Waals surface area (Å²) in [6.07, 6.45) is 5.57. The summed E-state index contributed by atoms with van der Waals surface area (Å²) in [5, 5.41) is 8.61. The van der Waals surface area contributed by atoms with E-state index in [9.17, 15) is 9.59 Å². The minimum Gasteiger partial charge on any atom is -0.356 e. The third kappa shape index (κ3) is 6.11. The van der Waals surface area contributed by atoms with Crippen molar-refractivity contribution in [1.29, 1.82) is 0 Å². The zero-order valence-corrected chi connectivity index (χ0v) is 19.4. The van der Waals surface area contributed by atoms with Gasteiger partial charge in [0.1, 0.15) is 5.15 Å². The molecule has 6 nitrogen and oxygen atoms in total. The molecule has 0 spiro atoms. The smallest absolute Gasteiger partial charge is 0.246 e. The zero-order chi connectivity index (χ0) is 22.4. The largest absolute Gasteiger partial charge is 0.356 e. The second kappa shape index (κ2) is 10.8. The Morgan fingerprint density at radius 3 is 2.52 bits per heavy atom. The summed E-state index contributed by atoms with van der Waals surface area (Å²) in [7, 11) is 0. The van der Waals surface area contributed by atoms with Crippen molar-refractivity contribution in [3.8, 4) is 0 Å². The summed E-state index contributed by atoms with van der Waals surface area (Å²) < 4.78 is 1.71. The van der Waals surface area contributed by atoms with Crippen molar-refractivity contribution in [3.05, 3.63) is 57.3 Å². The molecule has 1 fully saturated rings. The van der Waals surface area contributed by atoms with E-state index in [2.05, 4.69) is 10.4 Å². The normalized spacial score (nSPS) is 14.9. The molecule has 0 aliphatic carbocycles. The fourth-order valence-corrected chi connectivity index (χ4v) is 4.06. The molecule has 1 N–H and O–H groups in total. The van der Waals surface area contributed by atoms with E-state index in [0.29, 0.717) is 49.2 Å². The Labute approximate surface area is 193 Å². The standard InChI is InChI=1S/C23H28Cl2N4O2/c1-3-12-26-23(31)18-10-13-28(14-11-18)21(30)9-8-20-16(2)27-29(22(20)25)15-17-4-6-19(24)7-5-17/h4-9,18H,3,10-15H2,1-2H3,(H,26,31)/b9-8+. The molecule has 0 unspecified atom stereocenters. The van der Waals surface area contributed by atoms with Crippen LogP contribution in [-0.4, -0.2) is 46.1 Å². The molecule has 0 bridgehead atoms. The Hall–Kier alpha value is -2.31. The lowest BCUT2D eigenvalue weighted by Gasteiger charge is -2.30. The van der Waals surface area contributed by atoms with E-state index < -0.39 is 0 Å². The van der Waals surface area contributed by atoms with Crippen molar-refractivity contribution in [3.63, 3.8) is 0 Å². The van der Waals surface area contributed by atoms with Crippen molar-refractivity contribution >= 4 is 41.1 Å². The third-order valence-corrected chi connectivity index (χ3v) is 6.12. The van der Waals surface area contributed by atoms with Gasteiger partial charge in [0.25, 0.3) is 0 Å². The number of piperidine rings is 1. The molecule has 2 amide bonds. The van der Waals surface area contributed by atoms with Crippen LogP contribution in [0.3, 0.4) is 0 Å². The maximum atomic E-state index is 12.6. The Morgan fingerprint density at radius 2 is 1.87 bits per heavy atom. The highest BCUT2D eigenvalue weighted by molar-refractivity contribution is 6.31. The van der Waals surface area contributed by atoms with Gasteiger partial charge in [-0.15, -0.1) is 0 Å². The van der Waals surface area contributed by atoms with Crippen LogP contribution in [0.25, 0.3) is 6.08 Å². The Balaban J connectivity index is 1.59. The lowest BCUT2D eigenvalue weighted by Crippen LogP contribution is -2.42. The predicted octanol–water partition coefficient (Wildman–Crippen LogP) is 4.32. The first-order chi connectivity index (χ1) is 14.9. The Morgan fingerprint density at radius 1 is 1.19 bits per heavy atom. The highest BCUT2D eigenvalue weighted by atomic mass is 35.5. The molecule has 1 saturated heterocycles.